The number of amides is 1. The van der Waals surface area contributed by atoms with Crippen LogP contribution in [0.25, 0.3) is 11.2 Å². The summed E-state index contributed by atoms with van der Waals surface area (Å²) in [5.41, 5.74) is 0.824. The Labute approximate surface area is 193 Å². The summed E-state index contributed by atoms with van der Waals surface area (Å²) < 4.78 is 35.1. The van der Waals surface area contributed by atoms with E-state index in [-0.39, 0.29) is 40.4 Å². The highest BCUT2D eigenvalue weighted by Crippen LogP contribution is 2.26. The highest BCUT2D eigenvalue weighted by Gasteiger charge is 2.34. The summed E-state index contributed by atoms with van der Waals surface area (Å²) in [4.78, 5) is 24.7. The zero-order valence-corrected chi connectivity index (χ0v) is 18.3. The predicted octanol–water partition coefficient (Wildman–Crippen LogP) is 2.29. The molecule has 12 heteroatoms. The molecular weight excluding hydrogens is 450 g/mol. The summed E-state index contributed by atoms with van der Waals surface area (Å²) >= 11 is 0. The first kappa shape index (κ1) is 23.5. The minimum atomic E-state index is -3.00. The van der Waals surface area contributed by atoms with Crippen molar-refractivity contribution in [3.05, 3.63) is 47.4 Å². The van der Waals surface area contributed by atoms with Gasteiger partial charge < -0.3 is 30.2 Å². The molecule has 1 aromatic carbocycles. The number of aliphatic hydroxyl groups is 1. The Morgan fingerprint density at radius 3 is 2.79 bits per heavy atom. The molecule has 0 saturated carbocycles. The van der Waals surface area contributed by atoms with Gasteiger partial charge in [0.1, 0.15) is 17.0 Å². The molecule has 1 aliphatic rings. The lowest BCUT2D eigenvalue weighted by molar-refractivity contribution is -0.0498. The third kappa shape index (κ3) is 4.68. The number of H-pyrrole nitrogens is 1. The van der Waals surface area contributed by atoms with Crippen molar-refractivity contribution in [3.63, 3.8) is 0 Å². The fourth-order valence-corrected chi connectivity index (χ4v) is 3.84. The molecule has 3 heterocycles. The zero-order valence-electron chi connectivity index (χ0n) is 18.3. The van der Waals surface area contributed by atoms with Crippen molar-refractivity contribution < 1.29 is 28.2 Å². The lowest BCUT2D eigenvalue weighted by Crippen LogP contribution is -2.54. The van der Waals surface area contributed by atoms with Crippen molar-refractivity contribution in [1.29, 1.82) is 5.41 Å². The average Bonchev–Trinajstić information content (AvgIpc) is 3.27. The van der Waals surface area contributed by atoms with Gasteiger partial charge in [-0.05, 0) is 31.0 Å². The highest BCUT2D eigenvalue weighted by molar-refractivity contribution is 6.14. The minimum Gasteiger partial charge on any atom is -0.435 e. The van der Waals surface area contributed by atoms with E-state index in [1.54, 1.807) is 7.05 Å². The molecule has 180 valence electrons. The molecule has 0 radical (unpaired) electrons. The Balaban J connectivity index is 1.66. The van der Waals surface area contributed by atoms with E-state index in [9.17, 15) is 18.7 Å². The van der Waals surface area contributed by atoms with Gasteiger partial charge in [-0.25, -0.2) is 9.97 Å². The van der Waals surface area contributed by atoms with Crippen LogP contribution in [0.15, 0.2) is 30.6 Å². The van der Waals surface area contributed by atoms with Gasteiger partial charge in [0.05, 0.1) is 29.6 Å². The molecule has 2 aromatic heterocycles. The van der Waals surface area contributed by atoms with Gasteiger partial charge in [-0.2, -0.15) is 8.78 Å². The molecule has 4 rings (SSSR count). The normalized spacial score (nSPS) is 15.3. The number of ether oxygens (including phenoxy) is 2. The fraction of sp³-hybridized carbons (Fsp3) is 0.364. The molecule has 5 N–H and O–H groups in total. The smallest absolute Gasteiger partial charge is 0.387 e. The number of halogens is 2. The first-order valence-corrected chi connectivity index (χ1v) is 10.6. The Hall–Kier alpha value is -3.64. The van der Waals surface area contributed by atoms with Gasteiger partial charge in [-0.1, -0.05) is 0 Å². The minimum absolute atomic E-state index is 0.0951. The van der Waals surface area contributed by atoms with Crippen molar-refractivity contribution >= 4 is 28.5 Å². The number of benzene rings is 1. The fourth-order valence-electron chi connectivity index (χ4n) is 3.84. The van der Waals surface area contributed by atoms with Gasteiger partial charge >= 0.3 is 6.61 Å². The molecule has 1 aliphatic heterocycles. The number of hydrogen-bond acceptors (Lipinski definition) is 8. The second-order valence-corrected chi connectivity index (χ2v) is 7.87. The predicted molar refractivity (Wildman–Crippen MR) is 120 cm³/mol. The largest absolute Gasteiger partial charge is 0.435 e. The van der Waals surface area contributed by atoms with Crippen molar-refractivity contribution in [3.8, 4) is 5.75 Å². The maximum absolute atomic E-state index is 13.0. The molecule has 10 nitrogen and oxygen atoms in total. The van der Waals surface area contributed by atoms with E-state index in [4.69, 9.17) is 10.1 Å². The van der Waals surface area contributed by atoms with Crippen LogP contribution < -0.4 is 15.4 Å². The van der Waals surface area contributed by atoms with E-state index in [1.807, 2.05) is 0 Å². The number of nitrogens with zero attached hydrogens (tertiary/aromatic N) is 2. The summed E-state index contributed by atoms with van der Waals surface area (Å²) in [6.07, 6.45) is 3.77. The summed E-state index contributed by atoms with van der Waals surface area (Å²) in [5, 5.41) is 24.3. The molecule has 0 aliphatic carbocycles. The third-order valence-electron chi connectivity index (χ3n) is 5.77. The topological polar surface area (TPSA) is 145 Å². The zero-order chi connectivity index (χ0) is 24.3. The Bertz CT molecular complexity index is 1210. The van der Waals surface area contributed by atoms with E-state index in [0.29, 0.717) is 37.4 Å². The van der Waals surface area contributed by atoms with Crippen LogP contribution in [0.4, 0.5) is 14.5 Å². The third-order valence-corrected chi connectivity index (χ3v) is 5.77. The molecule has 1 amide bonds. The number of alkyl halides is 2. The molecule has 3 aromatic rings. The summed E-state index contributed by atoms with van der Waals surface area (Å²) in [6, 6.07) is 4.20. The van der Waals surface area contributed by atoms with Crippen LogP contribution in [0.5, 0.6) is 5.75 Å². The summed E-state index contributed by atoms with van der Waals surface area (Å²) in [5.74, 6) is -0.543. The van der Waals surface area contributed by atoms with E-state index in [1.165, 1.54) is 30.6 Å². The first-order chi connectivity index (χ1) is 16.4. The number of anilines is 1. The number of carbonyl (C=O) groups is 1. The number of hydrogen-bond donors (Lipinski definition) is 5. The Morgan fingerprint density at radius 2 is 2.12 bits per heavy atom. The van der Waals surface area contributed by atoms with Crippen LogP contribution in [0.2, 0.25) is 0 Å². The molecule has 1 fully saturated rings. The molecule has 34 heavy (non-hydrogen) atoms. The second kappa shape index (κ2) is 9.69. The highest BCUT2D eigenvalue weighted by atomic mass is 19.3. The van der Waals surface area contributed by atoms with Gasteiger partial charge in [-0.3, -0.25) is 10.2 Å². The Kier molecular flexibility index (Phi) is 6.70. The van der Waals surface area contributed by atoms with Gasteiger partial charge in [0, 0.05) is 37.7 Å². The summed E-state index contributed by atoms with van der Waals surface area (Å²) in [7, 11) is 1.64. The van der Waals surface area contributed by atoms with Crippen LogP contribution in [0.1, 0.15) is 34.5 Å². The first-order valence-electron chi connectivity index (χ1n) is 10.6. The molecular formula is C22H24F2N6O4. The van der Waals surface area contributed by atoms with Gasteiger partial charge in [0.15, 0.2) is 5.65 Å². The lowest BCUT2D eigenvalue weighted by Gasteiger charge is -2.36. The number of aromatic nitrogens is 3. The van der Waals surface area contributed by atoms with Crippen molar-refractivity contribution in [1.82, 2.24) is 20.3 Å². The Morgan fingerprint density at radius 1 is 1.35 bits per heavy atom. The number of aliphatic hydroxyl groups excluding tert-OH is 1. The number of aromatic amines is 1. The quantitative estimate of drug-likeness (QED) is 0.315. The van der Waals surface area contributed by atoms with Crippen molar-refractivity contribution in [2.45, 2.75) is 25.0 Å². The van der Waals surface area contributed by atoms with Crippen LogP contribution >= 0.6 is 0 Å². The van der Waals surface area contributed by atoms with Crippen LogP contribution in [0.3, 0.4) is 0 Å². The maximum atomic E-state index is 13.0. The van der Waals surface area contributed by atoms with E-state index < -0.39 is 18.1 Å². The van der Waals surface area contributed by atoms with Gasteiger partial charge in [-0.15, -0.1) is 0 Å². The molecule has 0 spiro atoms. The number of rotatable bonds is 8. The van der Waals surface area contributed by atoms with Crippen LogP contribution in [0, 0.1) is 5.41 Å². The van der Waals surface area contributed by atoms with Crippen molar-refractivity contribution in [2.24, 2.45) is 0 Å². The maximum Gasteiger partial charge on any atom is 0.387 e. The van der Waals surface area contributed by atoms with Gasteiger partial charge in [0.25, 0.3) is 5.91 Å². The van der Waals surface area contributed by atoms with E-state index >= 15 is 0 Å². The summed E-state index contributed by atoms with van der Waals surface area (Å²) in [6.45, 7) is -2.37. The molecule has 0 atom stereocenters. The molecule has 0 unspecified atom stereocenters. The second-order valence-electron chi connectivity index (χ2n) is 7.87. The SMILES string of the molecule is CNc1ccc(OC(F)F)cc1C(=N)c1cnc2[nH]cc(C(=O)NC3(CO)CCOCC3)c2n1. The van der Waals surface area contributed by atoms with Crippen molar-refractivity contribution in [2.75, 3.05) is 32.2 Å². The standard InChI is InChI=1S/C22H24F2N6O4/c1-26-15-3-2-12(34-21(23)24)8-13(15)17(25)16-10-28-19-18(29-16)14(9-27-19)20(32)30-22(11-31)4-6-33-7-5-22/h2-3,8-10,21,25-26,31H,4-7,11H2,1H3,(H,27,28)(H,30,32). The van der Waals surface area contributed by atoms with Crippen LogP contribution in [-0.2, 0) is 4.74 Å². The molecule has 1 saturated heterocycles. The molecule has 0 bridgehead atoms. The van der Waals surface area contributed by atoms with Gasteiger partial charge in [0.2, 0.25) is 0 Å². The van der Waals surface area contributed by atoms with E-state index in [0.717, 1.165) is 0 Å². The van der Waals surface area contributed by atoms with Crippen LogP contribution in [-0.4, -0.2) is 70.7 Å². The monoisotopic (exact) mass is 474 g/mol. The van der Waals surface area contributed by atoms with E-state index in [2.05, 4.69) is 30.3 Å². The average molecular weight is 474 g/mol. The lowest BCUT2D eigenvalue weighted by atomic mass is 9.90. The number of fused-ring (bicyclic) bond motifs is 1. The number of nitrogens with one attached hydrogen (secondary N) is 4. The number of carbonyl (C=O) groups excluding carboxylic acids is 1.